The number of anilines is 1. The SMILES string of the molecule is CCCCC[C@H]1CN2C(=O)[C@]13CCCC[C@H]3CSSC[C@@]13C[C@@H](O)[C@@H](O)C[C@]1(C)[C@H]1C[C@H]4C=CC[C@](O)([C@@H]5O[C@H]5[C@H](C)C(C)C)[C@H]5CC[C@@](O)(C1=CC3=O)[C@]45CCc1cc(O)cc2c1. The van der Waals surface area contributed by atoms with Gasteiger partial charge in [-0.15, -0.1) is 0 Å². The van der Waals surface area contributed by atoms with Gasteiger partial charge >= 0.3 is 0 Å². The first-order valence-corrected chi connectivity index (χ1v) is 27.8. The van der Waals surface area contributed by atoms with Crippen LogP contribution in [0.2, 0.25) is 0 Å². The van der Waals surface area contributed by atoms with Gasteiger partial charge in [0.2, 0.25) is 5.91 Å². The summed E-state index contributed by atoms with van der Waals surface area (Å²) < 4.78 is 6.52. The van der Waals surface area contributed by atoms with Gasteiger partial charge in [-0.3, -0.25) is 9.59 Å². The van der Waals surface area contributed by atoms with Crippen molar-refractivity contribution in [3.8, 4) is 5.75 Å². The molecule has 0 unspecified atom stereocenters. The molecule has 2 saturated heterocycles. The van der Waals surface area contributed by atoms with Crippen molar-refractivity contribution in [1.29, 1.82) is 0 Å². The van der Waals surface area contributed by atoms with Crippen LogP contribution in [0, 0.1) is 63.1 Å². The zero-order valence-electron chi connectivity index (χ0n) is 39.0. The zero-order chi connectivity index (χ0) is 45.2. The molecule has 16 atom stereocenters. The summed E-state index contributed by atoms with van der Waals surface area (Å²) in [4.78, 5) is 32.8. The van der Waals surface area contributed by atoms with Crippen LogP contribution in [0.5, 0.6) is 5.75 Å². The molecule has 6 aliphatic carbocycles. The monoisotopic (exact) mass is 917 g/mol. The van der Waals surface area contributed by atoms with Gasteiger partial charge in [-0.05, 0) is 141 Å². The van der Waals surface area contributed by atoms with Crippen LogP contribution in [0.4, 0.5) is 5.69 Å². The molecule has 0 radical (unpaired) electrons. The number of aryl methyl sites for hydroxylation is 1. The lowest BCUT2D eigenvalue weighted by molar-refractivity contribution is -0.194. The number of aliphatic hydroxyl groups is 4. The number of phenols is 1. The fourth-order valence-electron chi connectivity index (χ4n) is 16.4. The van der Waals surface area contributed by atoms with E-state index in [0.29, 0.717) is 56.7 Å². The Labute approximate surface area is 389 Å². The van der Waals surface area contributed by atoms with Crippen LogP contribution in [0.3, 0.4) is 0 Å². The Morgan fingerprint density at radius 2 is 1.77 bits per heavy atom. The van der Waals surface area contributed by atoms with E-state index in [-0.39, 0.29) is 78.0 Å². The van der Waals surface area contributed by atoms with Crippen molar-refractivity contribution in [3.63, 3.8) is 0 Å². The number of rotatable bonds is 7. The predicted octanol–water partition coefficient (Wildman–Crippen LogP) is 8.97. The molecule has 64 heavy (non-hydrogen) atoms. The van der Waals surface area contributed by atoms with Crippen LogP contribution >= 0.6 is 21.6 Å². The highest BCUT2D eigenvalue weighted by Crippen LogP contribution is 2.75. The molecule has 1 aromatic carbocycles. The lowest BCUT2D eigenvalue weighted by atomic mass is 9.39. The van der Waals surface area contributed by atoms with Crippen LogP contribution in [0.15, 0.2) is 42.0 Å². The highest BCUT2D eigenvalue weighted by molar-refractivity contribution is 8.76. The van der Waals surface area contributed by atoms with Gasteiger partial charge in [0.1, 0.15) is 17.5 Å². The van der Waals surface area contributed by atoms with Gasteiger partial charge in [0.15, 0.2) is 5.78 Å². The lowest BCUT2D eigenvalue weighted by Gasteiger charge is -2.66. The first kappa shape index (κ1) is 45.9. The standard InChI is InChI=1S/C53H75NO8S2/c1-6-7-8-12-35-28-54-37-21-33(22-38(55)24-37)15-19-51-34-14-11-18-52(60,46-45(62-46)32(4)31(2)3)43(51)16-20-53(51,61)40-25-44(58)49(27-42(57)41(56)26-48(49,5)39(40)23-34)30-64-63-29-36-13-9-10-17-50(35,36)47(54)59/h11,14,21-22,24-25,31-32,34-36,39,41-43,45-46,55-57,60-61H,6-10,12-13,15-20,23,26-30H2,1-5H3/t32-,34-,35+,36+,39+,41+,42-,43+,45+,46-,48-,49-,50-,51-,52-,53-/m1/s1. The summed E-state index contributed by atoms with van der Waals surface area (Å²) in [6.45, 7) is 11.6. The number of unbranched alkanes of at least 4 members (excludes halogenated alkanes) is 2. The van der Waals surface area contributed by atoms with Gasteiger partial charge < -0.3 is 35.2 Å². The predicted molar refractivity (Wildman–Crippen MR) is 254 cm³/mol. The number of aromatic hydroxyl groups is 1. The zero-order valence-corrected chi connectivity index (χ0v) is 40.6. The number of carbonyl (C=O) groups is 2. The van der Waals surface area contributed by atoms with Crippen LogP contribution in [-0.2, 0) is 20.7 Å². The summed E-state index contributed by atoms with van der Waals surface area (Å²) in [6.07, 6.45) is 15.4. The number of allylic oxidation sites excluding steroid dienone is 2. The van der Waals surface area contributed by atoms with Crippen LogP contribution in [0.25, 0.3) is 0 Å². The number of ether oxygens (including phenoxy) is 1. The number of nitrogens with zero attached hydrogens (tertiary/aromatic N) is 1. The van der Waals surface area contributed by atoms with Crippen LogP contribution in [-0.4, -0.2) is 90.9 Å². The molecule has 0 aromatic heterocycles. The van der Waals surface area contributed by atoms with Crippen molar-refractivity contribution in [2.45, 2.75) is 173 Å². The second-order valence-electron chi connectivity index (χ2n) is 23.1. The minimum atomic E-state index is -1.45. The number of carbonyl (C=O) groups excluding carboxylic acids is 2. The number of fused-ring (bicyclic) bond motifs is 1. The normalized spacial score (nSPS) is 46.7. The third kappa shape index (κ3) is 6.48. The number of benzene rings is 1. The largest absolute Gasteiger partial charge is 0.508 e. The minimum absolute atomic E-state index is 0.0659. The van der Waals surface area contributed by atoms with E-state index in [9.17, 15) is 25.5 Å². The molecule has 11 heteroatoms. The second kappa shape index (κ2) is 16.4. The Kier molecular flexibility index (Phi) is 11.8. The second-order valence-corrected chi connectivity index (χ2v) is 25.6. The van der Waals surface area contributed by atoms with E-state index in [1.54, 1.807) is 33.7 Å². The van der Waals surface area contributed by atoms with Crippen molar-refractivity contribution in [2.24, 2.45) is 63.1 Å². The van der Waals surface area contributed by atoms with Crippen molar-refractivity contribution < 1.29 is 39.9 Å². The van der Waals surface area contributed by atoms with Crippen LogP contribution in [0.1, 0.15) is 136 Å². The third-order valence-corrected chi connectivity index (χ3v) is 22.8. The van der Waals surface area contributed by atoms with E-state index >= 15 is 9.59 Å². The molecule has 1 aromatic rings. The maximum Gasteiger partial charge on any atom is 0.233 e. The van der Waals surface area contributed by atoms with E-state index in [4.69, 9.17) is 4.74 Å². The summed E-state index contributed by atoms with van der Waals surface area (Å²) in [5.74, 6) is 1.74. The topological polar surface area (TPSA) is 151 Å². The number of hydrogen-bond donors (Lipinski definition) is 5. The summed E-state index contributed by atoms with van der Waals surface area (Å²) in [5, 5.41) is 62.0. The Morgan fingerprint density at radius 1 is 0.969 bits per heavy atom. The number of phenolic OH excluding ortho intramolecular Hbond substituents is 1. The maximum atomic E-state index is 15.4. The Morgan fingerprint density at radius 3 is 2.55 bits per heavy atom. The molecule has 9 nitrogen and oxygen atoms in total. The van der Waals surface area contributed by atoms with Gasteiger partial charge in [0.25, 0.3) is 0 Å². The first-order valence-electron chi connectivity index (χ1n) is 25.3. The Balaban J connectivity index is 1.13. The smallest absolute Gasteiger partial charge is 0.233 e. The van der Waals surface area contributed by atoms with Crippen molar-refractivity contribution in [3.05, 3.63) is 47.6 Å². The highest BCUT2D eigenvalue weighted by atomic mass is 33.1. The molecule has 5 aliphatic heterocycles. The maximum absolute atomic E-state index is 15.4. The molecule has 5 heterocycles. The number of amides is 1. The van der Waals surface area contributed by atoms with Crippen LogP contribution < -0.4 is 4.90 Å². The van der Waals surface area contributed by atoms with E-state index in [0.717, 1.165) is 73.9 Å². The van der Waals surface area contributed by atoms with Gasteiger partial charge in [0.05, 0.1) is 34.7 Å². The van der Waals surface area contributed by atoms with E-state index in [2.05, 4.69) is 52.8 Å². The summed E-state index contributed by atoms with van der Waals surface area (Å²) in [5.41, 5.74) is -3.41. The fourth-order valence-corrected chi connectivity index (χ4v) is 19.7. The Hall–Kier alpha value is -1.86. The molecule has 8 bridgehead atoms. The summed E-state index contributed by atoms with van der Waals surface area (Å²) in [6, 6.07) is 5.69. The summed E-state index contributed by atoms with van der Waals surface area (Å²) >= 11 is 0. The highest BCUT2D eigenvalue weighted by Gasteiger charge is 2.77. The minimum Gasteiger partial charge on any atom is -0.508 e. The van der Waals surface area contributed by atoms with E-state index in [1.165, 1.54) is 0 Å². The number of hydrogen-bond acceptors (Lipinski definition) is 10. The number of aliphatic hydroxyl groups excluding tert-OH is 2. The molecule has 12 rings (SSSR count). The molecule has 5 N–H and O–H groups in total. The molecule has 352 valence electrons. The van der Waals surface area contributed by atoms with Gasteiger partial charge in [-0.2, -0.15) is 0 Å². The fraction of sp³-hybridized carbons (Fsp3) is 0.774. The Bertz CT molecular complexity index is 2080. The molecule has 1 amide bonds. The average molecular weight is 918 g/mol. The lowest BCUT2D eigenvalue weighted by Crippen LogP contribution is -2.68. The molecular weight excluding hydrogens is 843 g/mol. The van der Waals surface area contributed by atoms with E-state index in [1.807, 2.05) is 11.0 Å². The van der Waals surface area contributed by atoms with Gasteiger partial charge in [0, 0.05) is 41.1 Å². The molecule has 4 saturated carbocycles. The third-order valence-electron chi connectivity index (χ3n) is 20.3. The number of ketones is 1. The quantitative estimate of drug-likeness (QED) is 0.0777. The van der Waals surface area contributed by atoms with Crippen molar-refractivity contribution in [2.75, 3.05) is 23.0 Å². The average Bonchev–Trinajstić information content (AvgIpc) is 3.96. The van der Waals surface area contributed by atoms with Crippen molar-refractivity contribution >= 4 is 39.0 Å². The number of epoxide rings is 1. The molecule has 6 fully saturated rings. The molecule has 11 aliphatic rings. The molecule has 3 spiro atoms. The first-order chi connectivity index (χ1) is 30.5. The van der Waals surface area contributed by atoms with Gasteiger partial charge in [-0.1, -0.05) is 100 Å². The van der Waals surface area contributed by atoms with Crippen molar-refractivity contribution in [1.82, 2.24) is 0 Å². The van der Waals surface area contributed by atoms with Gasteiger partial charge in [-0.25, -0.2) is 0 Å². The molecular formula is C53H75NO8S2. The van der Waals surface area contributed by atoms with E-state index < -0.39 is 45.1 Å². The summed E-state index contributed by atoms with van der Waals surface area (Å²) in [7, 11) is 3.47.